The third-order valence-electron chi connectivity index (χ3n) is 9.79. The number of hydrogen-bond donors (Lipinski definition) is 0. The molecule has 0 amide bonds. The number of hydrogen-bond acceptors (Lipinski definition) is 2. The van der Waals surface area contributed by atoms with Gasteiger partial charge >= 0.3 is 5.97 Å². The molecule has 2 heterocycles. The number of carbonyl (C=O) groups excluding carboxylic acids is 1. The molecule has 0 bridgehead atoms. The van der Waals surface area contributed by atoms with Gasteiger partial charge in [0, 0.05) is 33.5 Å². The van der Waals surface area contributed by atoms with E-state index in [0.29, 0.717) is 6.42 Å². The van der Waals surface area contributed by atoms with Crippen molar-refractivity contribution in [2.24, 2.45) is 0 Å². The molecule has 4 heteroatoms. The first-order valence-corrected chi connectivity index (χ1v) is 16.4. The van der Waals surface area contributed by atoms with E-state index in [-0.39, 0.29) is 12.6 Å². The summed E-state index contributed by atoms with van der Waals surface area (Å²) >= 11 is 0. The van der Waals surface area contributed by atoms with Crippen LogP contribution in [0.2, 0.25) is 0 Å². The van der Waals surface area contributed by atoms with Crippen molar-refractivity contribution in [2.75, 3.05) is 0 Å². The highest BCUT2D eigenvalue weighted by atomic mass is 16.5. The molecule has 1 aliphatic rings. The monoisotopic (exact) mass is 620 g/mol. The van der Waals surface area contributed by atoms with Gasteiger partial charge < -0.3 is 13.9 Å². The average Bonchev–Trinajstić information content (AvgIpc) is 3.67. The van der Waals surface area contributed by atoms with Gasteiger partial charge in [-0.2, -0.15) is 0 Å². The fourth-order valence-electron chi connectivity index (χ4n) is 7.71. The van der Waals surface area contributed by atoms with E-state index in [1.165, 1.54) is 10.8 Å². The van der Waals surface area contributed by atoms with Crippen molar-refractivity contribution in [1.82, 2.24) is 9.13 Å². The quantitative estimate of drug-likeness (QED) is 0.173. The zero-order chi connectivity index (χ0) is 32.1. The molecule has 0 fully saturated rings. The highest BCUT2D eigenvalue weighted by molar-refractivity contribution is 6.13. The molecule has 6 aromatic carbocycles. The largest absolute Gasteiger partial charge is 0.459 e. The van der Waals surface area contributed by atoms with E-state index < -0.39 is 5.54 Å². The Morgan fingerprint density at radius 2 is 1.08 bits per heavy atom. The van der Waals surface area contributed by atoms with E-state index in [1.54, 1.807) is 0 Å². The molecule has 0 saturated heterocycles. The molecule has 48 heavy (non-hydrogen) atoms. The van der Waals surface area contributed by atoms with Crippen molar-refractivity contribution in [2.45, 2.75) is 18.6 Å². The predicted molar refractivity (Wildman–Crippen MR) is 196 cm³/mol. The van der Waals surface area contributed by atoms with Gasteiger partial charge in [-0.3, -0.25) is 0 Å². The number of rotatable bonds is 6. The minimum atomic E-state index is -1.19. The molecule has 0 spiro atoms. The minimum absolute atomic E-state index is 0.185. The molecule has 0 aliphatic heterocycles. The molecule has 4 nitrogen and oxygen atoms in total. The first-order valence-electron chi connectivity index (χ1n) is 16.4. The Kier molecular flexibility index (Phi) is 6.61. The number of carbonyl (C=O) groups is 1. The first-order chi connectivity index (χ1) is 23.8. The molecule has 1 unspecified atom stereocenters. The topological polar surface area (TPSA) is 36.2 Å². The van der Waals surface area contributed by atoms with Gasteiger partial charge in [-0.1, -0.05) is 140 Å². The summed E-state index contributed by atoms with van der Waals surface area (Å²) in [5.74, 6) is -0.287. The van der Waals surface area contributed by atoms with E-state index in [9.17, 15) is 0 Å². The van der Waals surface area contributed by atoms with Crippen molar-refractivity contribution >= 4 is 55.2 Å². The Hall–Kier alpha value is -6.13. The van der Waals surface area contributed by atoms with Gasteiger partial charge in [-0.25, -0.2) is 4.79 Å². The number of aromatic nitrogens is 2. The van der Waals surface area contributed by atoms with Gasteiger partial charge in [0.2, 0.25) is 0 Å². The van der Waals surface area contributed by atoms with Gasteiger partial charge in [0.25, 0.3) is 0 Å². The molecule has 0 N–H and O–H groups in total. The van der Waals surface area contributed by atoms with Gasteiger partial charge in [-0.05, 0) is 41.5 Å². The average molecular weight is 621 g/mol. The standard InChI is InChI=1S/C44H32N2O2/c47-43(48-30-31-16-2-1-3-17-31)44(46-41-27-12-6-20-34(41)35-21-7-13-28-42(35)46)29-15-14-23-37(44)36-22-8-11-26-40(36)45-38-24-9-4-18-32(38)33-19-5-10-25-39(33)45/h1-28H,29-30H2. The van der Waals surface area contributed by atoms with Crippen LogP contribution >= 0.6 is 0 Å². The molecule has 9 rings (SSSR count). The van der Waals surface area contributed by atoms with Gasteiger partial charge in [0.05, 0.1) is 27.8 Å². The highest BCUT2D eigenvalue weighted by Crippen LogP contribution is 2.48. The lowest BCUT2D eigenvalue weighted by Gasteiger charge is -2.38. The molecule has 0 radical (unpaired) electrons. The second-order valence-corrected chi connectivity index (χ2v) is 12.4. The molecule has 0 saturated carbocycles. The maximum Gasteiger partial charge on any atom is 0.337 e. The first kappa shape index (κ1) is 28.1. The lowest BCUT2D eigenvalue weighted by Crippen LogP contribution is -2.45. The van der Waals surface area contributed by atoms with Crippen molar-refractivity contribution < 1.29 is 9.53 Å². The molecule has 2 aromatic heterocycles. The number of fused-ring (bicyclic) bond motifs is 6. The summed E-state index contributed by atoms with van der Waals surface area (Å²) in [6.07, 6.45) is 6.73. The SMILES string of the molecule is O=C(OCc1ccccc1)C1(n2c3ccccc3c3ccccc32)CC=CC=C1c1ccccc1-n1c2ccccc2c2ccccc21. The zero-order valence-electron chi connectivity index (χ0n) is 26.3. The van der Waals surface area contributed by atoms with Crippen LogP contribution < -0.4 is 0 Å². The summed E-state index contributed by atoms with van der Waals surface area (Å²) in [5.41, 5.74) is 6.86. The van der Waals surface area contributed by atoms with Gasteiger partial charge in [0.15, 0.2) is 5.54 Å². The maximum absolute atomic E-state index is 15.2. The maximum atomic E-state index is 15.2. The highest BCUT2D eigenvalue weighted by Gasteiger charge is 2.48. The Morgan fingerprint density at radius 3 is 1.71 bits per heavy atom. The number of allylic oxidation sites excluding steroid dienone is 3. The smallest absolute Gasteiger partial charge is 0.337 e. The van der Waals surface area contributed by atoms with Crippen LogP contribution in [0.1, 0.15) is 17.5 Å². The van der Waals surface area contributed by atoms with Crippen LogP contribution in [0.3, 0.4) is 0 Å². The van der Waals surface area contributed by atoms with Crippen LogP contribution in [0.15, 0.2) is 170 Å². The number of ether oxygens (including phenoxy) is 1. The van der Waals surface area contributed by atoms with E-state index in [1.807, 2.05) is 30.3 Å². The molecular formula is C44H32N2O2. The van der Waals surface area contributed by atoms with Gasteiger partial charge in [0.1, 0.15) is 6.61 Å². The molecule has 8 aromatic rings. The molecule has 230 valence electrons. The van der Waals surface area contributed by atoms with Crippen LogP contribution in [-0.2, 0) is 21.7 Å². The van der Waals surface area contributed by atoms with Crippen molar-refractivity contribution in [1.29, 1.82) is 0 Å². The van der Waals surface area contributed by atoms with Gasteiger partial charge in [-0.15, -0.1) is 0 Å². The molecule has 1 atom stereocenters. The lowest BCUT2D eigenvalue weighted by atomic mass is 9.78. The number of benzene rings is 6. The number of para-hydroxylation sites is 5. The van der Waals surface area contributed by atoms with Crippen LogP contribution in [0.5, 0.6) is 0 Å². The second kappa shape index (κ2) is 11.3. The van der Waals surface area contributed by atoms with Crippen LogP contribution in [0.25, 0.3) is 54.9 Å². The summed E-state index contributed by atoms with van der Waals surface area (Å²) in [6.45, 7) is 0.185. The Balaban J connectivity index is 1.34. The fourth-order valence-corrected chi connectivity index (χ4v) is 7.71. The summed E-state index contributed by atoms with van der Waals surface area (Å²) in [4.78, 5) is 15.2. The van der Waals surface area contributed by atoms with E-state index in [0.717, 1.165) is 55.2 Å². The van der Waals surface area contributed by atoms with Crippen molar-refractivity contribution in [3.8, 4) is 5.69 Å². The minimum Gasteiger partial charge on any atom is -0.459 e. The Bertz CT molecular complexity index is 2460. The second-order valence-electron chi connectivity index (χ2n) is 12.4. The number of nitrogens with zero attached hydrogens (tertiary/aromatic N) is 2. The third kappa shape index (κ3) is 4.19. The summed E-state index contributed by atoms with van der Waals surface area (Å²) in [7, 11) is 0. The summed E-state index contributed by atoms with van der Waals surface area (Å²) in [6, 6.07) is 52.2. The lowest BCUT2D eigenvalue weighted by molar-refractivity contribution is -0.152. The summed E-state index contributed by atoms with van der Waals surface area (Å²) in [5, 5.41) is 4.59. The van der Waals surface area contributed by atoms with E-state index in [2.05, 4.69) is 149 Å². The van der Waals surface area contributed by atoms with Crippen LogP contribution in [-0.4, -0.2) is 15.1 Å². The Labute approximate surface area is 278 Å². The van der Waals surface area contributed by atoms with Crippen LogP contribution in [0, 0.1) is 0 Å². The molecular weight excluding hydrogens is 588 g/mol. The Morgan fingerprint density at radius 1 is 0.583 bits per heavy atom. The summed E-state index contributed by atoms with van der Waals surface area (Å²) < 4.78 is 11.0. The normalized spacial score (nSPS) is 16.1. The van der Waals surface area contributed by atoms with Crippen molar-refractivity contribution in [3.63, 3.8) is 0 Å². The predicted octanol–water partition coefficient (Wildman–Crippen LogP) is 10.4. The fraction of sp³-hybridized carbons (Fsp3) is 0.0682. The molecule has 1 aliphatic carbocycles. The third-order valence-corrected chi connectivity index (χ3v) is 9.79. The van der Waals surface area contributed by atoms with Crippen molar-refractivity contribution in [3.05, 3.63) is 181 Å². The zero-order valence-corrected chi connectivity index (χ0v) is 26.3. The van der Waals surface area contributed by atoms with E-state index >= 15 is 4.79 Å². The number of esters is 1. The van der Waals surface area contributed by atoms with E-state index in [4.69, 9.17) is 4.74 Å². The van der Waals surface area contributed by atoms with Crippen LogP contribution in [0.4, 0.5) is 0 Å².